The van der Waals surface area contributed by atoms with Crippen LogP contribution in [0.25, 0.3) is 0 Å². The first-order valence-corrected chi connectivity index (χ1v) is 10.3. The zero-order valence-electron chi connectivity index (χ0n) is 15.8. The van der Waals surface area contributed by atoms with Crippen molar-refractivity contribution in [2.75, 3.05) is 12.4 Å². The Morgan fingerprint density at radius 2 is 1.93 bits per heavy atom. The molecule has 2 aromatic rings. The molecule has 2 amide bonds. The smallest absolute Gasteiger partial charge is 0.319 e. The Labute approximate surface area is 165 Å². The van der Waals surface area contributed by atoms with Crippen molar-refractivity contribution in [2.45, 2.75) is 37.0 Å². The number of hydrogen-bond acceptors (Lipinski definition) is 6. The number of urea groups is 1. The summed E-state index contributed by atoms with van der Waals surface area (Å²) in [5.41, 5.74) is 7.19. The van der Waals surface area contributed by atoms with E-state index in [2.05, 4.69) is 25.7 Å². The molecule has 2 unspecified atom stereocenters. The van der Waals surface area contributed by atoms with E-state index in [-0.39, 0.29) is 10.9 Å². The van der Waals surface area contributed by atoms with Crippen LogP contribution in [0.4, 0.5) is 10.5 Å². The molecule has 6 N–H and O–H groups in total. The molecule has 1 heterocycles. The van der Waals surface area contributed by atoms with Crippen LogP contribution >= 0.6 is 0 Å². The van der Waals surface area contributed by atoms with E-state index in [1.54, 1.807) is 25.5 Å². The Hall–Kier alpha value is -2.53. The van der Waals surface area contributed by atoms with Crippen LogP contribution in [0.2, 0.25) is 0 Å². The molecule has 1 aromatic carbocycles. The molecule has 2 rings (SSSR count). The molecule has 0 bridgehead atoms. The minimum atomic E-state index is -3.74. The summed E-state index contributed by atoms with van der Waals surface area (Å²) in [5, 5.41) is 8.35. The number of nitrogens with zero attached hydrogens (tertiary/aromatic N) is 1. The topological polar surface area (TPSA) is 138 Å². The minimum Gasteiger partial charge on any atom is -0.334 e. The molecule has 0 saturated heterocycles. The van der Waals surface area contributed by atoms with Gasteiger partial charge in [-0.15, -0.1) is 0 Å². The number of amides is 2. The van der Waals surface area contributed by atoms with Crippen molar-refractivity contribution in [1.82, 2.24) is 20.3 Å². The van der Waals surface area contributed by atoms with Crippen molar-refractivity contribution in [3.63, 3.8) is 0 Å². The van der Waals surface area contributed by atoms with Crippen molar-refractivity contribution >= 4 is 21.7 Å². The fraction of sp³-hybridized carbons (Fsp3) is 0.333. The van der Waals surface area contributed by atoms with Crippen LogP contribution < -0.4 is 26.4 Å². The summed E-state index contributed by atoms with van der Waals surface area (Å²) < 4.78 is 27.2. The highest BCUT2D eigenvalue weighted by Gasteiger charge is 2.19. The molecule has 0 radical (unpaired) electrons. The lowest BCUT2D eigenvalue weighted by Crippen LogP contribution is -2.45. The summed E-state index contributed by atoms with van der Waals surface area (Å²) in [4.78, 5) is 16.0. The molecule has 0 aliphatic carbocycles. The first kappa shape index (κ1) is 21.8. The summed E-state index contributed by atoms with van der Waals surface area (Å²) in [6.07, 6.45) is 3.06. The number of nitrogens with two attached hydrogens (primary N) is 1. The molecule has 2 atom stereocenters. The van der Waals surface area contributed by atoms with Gasteiger partial charge in [-0.2, -0.15) is 4.72 Å². The van der Waals surface area contributed by atoms with E-state index in [4.69, 9.17) is 5.73 Å². The Morgan fingerprint density at radius 1 is 1.21 bits per heavy atom. The number of sulfonamides is 1. The van der Waals surface area contributed by atoms with Crippen LogP contribution in [0.1, 0.15) is 18.9 Å². The predicted octanol–water partition coefficient (Wildman–Crippen LogP) is 0.964. The quantitative estimate of drug-likeness (QED) is 0.393. The van der Waals surface area contributed by atoms with Crippen LogP contribution in [0.5, 0.6) is 0 Å². The molecule has 0 spiro atoms. The van der Waals surface area contributed by atoms with E-state index in [0.717, 1.165) is 5.56 Å². The van der Waals surface area contributed by atoms with Gasteiger partial charge in [0.2, 0.25) is 10.0 Å². The summed E-state index contributed by atoms with van der Waals surface area (Å²) >= 11 is 0. The van der Waals surface area contributed by atoms with Crippen molar-refractivity contribution in [3.8, 4) is 0 Å². The summed E-state index contributed by atoms with van der Waals surface area (Å²) in [7, 11) is -1.96. The van der Waals surface area contributed by atoms with E-state index in [1.807, 2.05) is 13.0 Å². The second-order valence-corrected chi connectivity index (χ2v) is 8.06. The van der Waals surface area contributed by atoms with E-state index in [1.165, 1.54) is 24.3 Å². The maximum atomic E-state index is 12.4. The molecule has 0 aliphatic rings. The van der Waals surface area contributed by atoms with Crippen LogP contribution in [0.15, 0.2) is 53.7 Å². The van der Waals surface area contributed by atoms with Crippen molar-refractivity contribution in [1.29, 1.82) is 0 Å². The van der Waals surface area contributed by atoms with E-state index in [0.29, 0.717) is 18.7 Å². The van der Waals surface area contributed by atoms with Gasteiger partial charge in [-0.05, 0) is 56.3 Å². The summed E-state index contributed by atoms with van der Waals surface area (Å²) in [5.74, 6) is 0. The molecule has 1 aromatic heterocycles. The molecule has 10 heteroatoms. The lowest BCUT2D eigenvalue weighted by Gasteiger charge is -2.18. The second kappa shape index (κ2) is 10.1. The first-order chi connectivity index (χ1) is 13.3. The average Bonchev–Trinajstić information content (AvgIpc) is 2.67. The SMILES string of the molecule is CNC(C)CC(N)NS(=O)(=O)c1ccc(NC(=O)NCc2cccnc2)cc1. The molecule has 0 aliphatic heterocycles. The molecule has 9 nitrogen and oxygen atoms in total. The number of anilines is 1. The van der Waals surface area contributed by atoms with Crippen molar-refractivity contribution in [2.24, 2.45) is 5.73 Å². The Balaban J connectivity index is 1.90. The molecular weight excluding hydrogens is 380 g/mol. The van der Waals surface area contributed by atoms with Gasteiger partial charge in [-0.1, -0.05) is 6.07 Å². The van der Waals surface area contributed by atoms with E-state index < -0.39 is 22.2 Å². The third-order valence-corrected chi connectivity index (χ3v) is 5.51. The molecule has 28 heavy (non-hydrogen) atoms. The van der Waals surface area contributed by atoms with Crippen LogP contribution in [0, 0.1) is 0 Å². The van der Waals surface area contributed by atoms with Gasteiger partial charge in [0.1, 0.15) is 0 Å². The fourth-order valence-electron chi connectivity index (χ4n) is 2.39. The first-order valence-electron chi connectivity index (χ1n) is 8.79. The summed E-state index contributed by atoms with van der Waals surface area (Å²) in [6.45, 7) is 2.24. The normalized spacial score (nSPS) is 13.5. The average molecular weight is 407 g/mol. The van der Waals surface area contributed by atoms with Gasteiger partial charge in [0.05, 0.1) is 11.1 Å². The maximum absolute atomic E-state index is 12.4. The monoisotopic (exact) mass is 406 g/mol. The number of nitrogens with one attached hydrogen (secondary N) is 4. The third kappa shape index (κ3) is 6.89. The molecule has 0 fully saturated rings. The van der Waals surface area contributed by atoms with Gasteiger partial charge in [0, 0.05) is 30.7 Å². The van der Waals surface area contributed by atoms with Gasteiger partial charge >= 0.3 is 6.03 Å². The number of carbonyl (C=O) groups excluding carboxylic acids is 1. The maximum Gasteiger partial charge on any atom is 0.319 e. The van der Waals surface area contributed by atoms with Crippen molar-refractivity contribution in [3.05, 3.63) is 54.4 Å². The number of pyridine rings is 1. The Bertz CT molecular complexity index is 859. The van der Waals surface area contributed by atoms with Crippen LogP contribution in [-0.2, 0) is 16.6 Å². The van der Waals surface area contributed by atoms with Gasteiger partial charge in [0.15, 0.2) is 0 Å². The number of rotatable bonds is 9. The van der Waals surface area contributed by atoms with Crippen LogP contribution in [-0.4, -0.2) is 38.7 Å². The Kier molecular flexibility index (Phi) is 7.88. The number of carbonyl (C=O) groups is 1. The second-order valence-electron chi connectivity index (χ2n) is 6.35. The van der Waals surface area contributed by atoms with Crippen molar-refractivity contribution < 1.29 is 13.2 Å². The highest BCUT2D eigenvalue weighted by molar-refractivity contribution is 7.89. The van der Waals surface area contributed by atoms with Gasteiger partial charge < -0.3 is 21.7 Å². The lowest BCUT2D eigenvalue weighted by molar-refractivity contribution is 0.251. The molecule has 152 valence electrons. The zero-order valence-corrected chi connectivity index (χ0v) is 16.7. The van der Waals surface area contributed by atoms with E-state index >= 15 is 0 Å². The standard InChI is InChI=1S/C18H26N6O3S/c1-13(20-2)10-17(19)24-28(26,27)16-7-5-15(6-8-16)23-18(25)22-12-14-4-3-9-21-11-14/h3-9,11,13,17,20,24H,10,12,19H2,1-2H3,(H2,22,23,25). The van der Waals surface area contributed by atoms with Gasteiger partial charge in [0.25, 0.3) is 0 Å². The zero-order chi connectivity index (χ0) is 20.6. The van der Waals surface area contributed by atoms with Gasteiger partial charge in [-0.3, -0.25) is 4.98 Å². The molecule has 0 saturated carbocycles. The fourth-order valence-corrected chi connectivity index (χ4v) is 3.52. The predicted molar refractivity (Wildman–Crippen MR) is 108 cm³/mol. The third-order valence-electron chi connectivity index (χ3n) is 4.01. The Morgan fingerprint density at radius 3 is 2.54 bits per heavy atom. The summed E-state index contributed by atoms with van der Waals surface area (Å²) in [6, 6.07) is 9.16. The van der Waals surface area contributed by atoms with Crippen LogP contribution in [0.3, 0.4) is 0 Å². The molecular formula is C18H26N6O3S. The number of benzene rings is 1. The largest absolute Gasteiger partial charge is 0.334 e. The van der Waals surface area contributed by atoms with E-state index in [9.17, 15) is 13.2 Å². The number of hydrogen-bond donors (Lipinski definition) is 5. The highest BCUT2D eigenvalue weighted by atomic mass is 32.2. The lowest BCUT2D eigenvalue weighted by atomic mass is 10.2. The minimum absolute atomic E-state index is 0.0707. The number of aromatic nitrogens is 1. The van der Waals surface area contributed by atoms with Gasteiger partial charge in [-0.25, -0.2) is 13.2 Å². The highest BCUT2D eigenvalue weighted by Crippen LogP contribution is 2.14.